The lowest BCUT2D eigenvalue weighted by molar-refractivity contribution is 0.344. The van der Waals surface area contributed by atoms with Crippen molar-refractivity contribution in [2.45, 2.75) is 26.8 Å². The zero-order valence-electron chi connectivity index (χ0n) is 10.6. The third kappa shape index (κ3) is 2.52. The van der Waals surface area contributed by atoms with Crippen molar-refractivity contribution in [3.8, 4) is 5.75 Å². The molecule has 2 heteroatoms. The number of fused-ring (bicyclic) bond motifs is 1. The Balaban J connectivity index is 2.33. The van der Waals surface area contributed by atoms with Gasteiger partial charge in [-0.15, -0.1) is 6.58 Å². The van der Waals surface area contributed by atoms with Crippen LogP contribution in [0.3, 0.4) is 0 Å². The van der Waals surface area contributed by atoms with E-state index in [1.165, 1.54) is 16.5 Å². The molecule has 0 unspecified atom stereocenters. The summed E-state index contributed by atoms with van der Waals surface area (Å²) in [5.74, 6) is 0.971. The number of nitrogens with zero attached hydrogens (tertiary/aromatic N) is 1. The van der Waals surface area contributed by atoms with E-state index in [4.69, 9.17) is 4.74 Å². The Labute approximate surface area is 103 Å². The third-order valence-corrected chi connectivity index (χ3v) is 2.85. The quantitative estimate of drug-likeness (QED) is 0.707. The first kappa shape index (κ1) is 11.8. The monoisotopic (exact) mass is 229 g/mol. The molecule has 0 aliphatic rings. The van der Waals surface area contributed by atoms with Crippen molar-refractivity contribution < 1.29 is 4.74 Å². The molecule has 2 aromatic rings. The normalized spacial score (nSPS) is 10.7. The first-order chi connectivity index (χ1) is 8.22. The van der Waals surface area contributed by atoms with Gasteiger partial charge in [-0.2, -0.15) is 0 Å². The molecule has 0 saturated heterocycles. The number of rotatable bonds is 5. The Hall–Kier alpha value is -1.70. The Morgan fingerprint density at radius 1 is 1.35 bits per heavy atom. The second-order valence-corrected chi connectivity index (χ2v) is 4.34. The minimum atomic E-state index is 0.704. The molecule has 0 N–H and O–H groups in total. The van der Waals surface area contributed by atoms with Gasteiger partial charge in [-0.05, 0) is 38.5 Å². The number of benzene rings is 1. The number of ether oxygens (including phenoxy) is 1. The fraction of sp³-hybridized carbons (Fsp3) is 0.333. The second-order valence-electron chi connectivity index (χ2n) is 4.34. The summed E-state index contributed by atoms with van der Waals surface area (Å²) in [5.41, 5.74) is 2.45. The van der Waals surface area contributed by atoms with Crippen molar-refractivity contribution in [1.82, 2.24) is 4.57 Å². The van der Waals surface area contributed by atoms with E-state index in [2.05, 4.69) is 36.4 Å². The summed E-state index contributed by atoms with van der Waals surface area (Å²) in [6, 6.07) is 8.33. The van der Waals surface area contributed by atoms with Crippen LogP contribution in [-0.4, -0.2) is 11.2 Å². The third-order valence-electron chi connectivity index (χ3n) is 2.85. The largest absolute Gasteiger partial charge is 0.493 e. The van der Waals surface area contributed by atoms with Crippen LogP contribution in [0.1, 0.15) is 20.3 Å². The topological polar surface area (TPSA) is 14.2 Å². The number of aromatic nitrogens is 1. The van der Waals surface area contributed by atoms with Gasteiger partial charge in [-0.25, -0.2) is 0 Å². The van der Waals surface area contributed by atoms with Crippen LogP contribution < -0.4 is 4.74 Å². The summed E-state index contributed by atoms with van der Waals surface area (Å²) in [4.78, 5) is 0. The van der Waals surface area contributed by atoms with Crippen LogP contribution in [0.15, 0.2) is 42.6 Å². The maximum absolute atomic E-state index is 5.63. The molecule has 17 heavy (non-hydrogen) atoms. The lowest BCUT2D eigenvalue weighted by Gasteiger charge is -2.07. The van der Waals surface area contributed by atoms with E-state index >= 15 is 0 Å². The van der Waals surface area contributed by atoms with Gasteiger partial charge in [0.05, 0.1) is 12.1 Å². The number of aryl methyl sites for hydroxylation is 1. The van der Waals surface area contributed by atoms with E-state index < -0.39 is 0 Å². The standard InChI is InChI=1S/C15H19NO/c1-4-17-15-7-5-6-14-13(15)9-11-16(14)10-8-12(2)3/h5-7,9,11H,2,4,8,10H2,1,3H3. The van der Waals surface area contributed by atoms with Gasteiger partial charge in [-0.1, -0.05) is 11.6 Å². The highest BCUT2D eigenvalue weighted by atomic mass is 16.5. The molecule has 0 aliphatic heterocycles. The molecule has 0 fully saturated rings. The van der Waals surface area contributed by atoms with Crippen molar-refractivity contribution in [2.24, 2.45) is 0 Å². The second kappa shape index (κ2) is 5.09. The van der Waals surface area contributed by atoms with Crippen LogP contribution >= 0.6 is 0 Å². The fourth-order valence-corrected chi connectivity index (χ4v) is 1.98. The van der Waals surface area contributed by atoms with Gasteiger partial charge in [0.15, 0.2) is 0 Å². The molecule has 90 valence electrons. The van der Waals surface area contributed by atoms with Crippen LogP contribution in [-0.2, 0) is 6.54 Å². The predicted molar refractivity (Wildman–Crippen MR) is 72.5 cm³/mol. The van der Waals surface area contributed by atoms with Gasteiger partial charge in [-0.3, -0.25) is 0 Å². The van der Waals surface area contributed by atoms with E-state index in [0.29, 0.717) is 6.61 Å². The smallest absolute Gasteiger partial charge is 0.128 e. The van der Waals surface area contributed by atoms with E-state index in [9.17, 15) is 0 Å². The van der Waals surface area contributed by atoms with Gasteiger partial charge in [0.25, 0.3) is 0 Å². The maximum Gasteiger partial charge on any atom is 0.128 e. The van der Waals surface area contributed by atoms with E-state index in [0.717, 1.165) is 18.7 Å². The Bertz CT molecular complexity index is 525. The summed E-state index contributed by atoms with van der Waals surface area (Å²) < 4.78 is 7.88. The Kier molecular flexibility index (Phi) is 3.52. The van der Waals surface area contributed by atoms with E-state index in [1.54, 1.807) is 0 Å². The summed E-state index contributed by atoms with van der Waals surface area (Å²) in [5, 5.41) is 1.19. The van der Waals surface area contributed by atoms with E-state index in [-0.39, 0.29) is 0 Å². The van der Waals surface area contributed by atoms with Crippen LogP contribution in [0.5, 0.6) is 5.75 Å². The van der Waals surface area contributed by atoms with Crippen molar-refractivity contribution in [3.63, 3.8) is 0 Å². The first-order valence-electron chi connectivity index (χ1n) is 6.07. The maximum atomic E-state index is 5.63. The van der Waals surface area contributed by atoms with E-state index in [1.807, 2.05) is 19.1 Å². The Morgan fingerprint density at radius 3 is 2.88 bits per heavy atom. The zero-order valence-corrected chi connectivity index (χ0v) is 10.6. The molecule has 0 atom stereocenters. The highest BCUT2D eigenvalue weighted by Gasteiger charge is 2.05. The molecule has 1 aromatic heterocycles. The molecule has 0 radical (unpaired) electrons. The van der Waals surface area contributed by atoms with Gasteiger partial charge in [0.1, 0.15) is 5.75 Å². The van der Waals surface area contributed by atoms with Crippen LogP contribution in [0.2, 0.25) is 0 Å². The molecular formula is C15H19NO. The van der Waals surface area contributed by atoms with Crippen molar-refractivity contribution >= 4 is 10.9 Å². The lowest BCUT2D eigenvalue weighted by atomic mass is 10.2. The molecule has 0 saturated carbocycles. The molecule has 1 heterocycles. The highest BCUT2D eigenvalue weighted by molar-refractivity contribution is 5.86. The van der Waals surface area contributed by atoms with Crippen LogP contribution in [0.25, 0.3) is 10.9 Å². The average Bonchev–Trinajstić information content (AvgIpc) is 2.71. The summed E-state index contributed by atoms with van der Waals surface area (Å²) in [6.07, 6.45) is 3.14. The molecule has 0 spiro atoms. The van der Waals surface area contributed by atoms with Crippen molar-refractivity contribution in [2.75, 3.05) is 6.61 Å². The SMILES string of the molecule is C=C(C)CCn1ccc2c(OCC)cccc21. The highest BCUT2D eigenvalue weighted by Crippen LogP contribution is 2.26. The lowest BCUT2D eigenvalue weighted by Crippen LogP contribution is -1.96. The predicted octanol–water partition coefficient (Wildman–Crippen LogP) is 4.01. The molecule has 2 rings (SSSR count). The minimum absolute atomic E-state index is 0.704. The average molecular weight is 229 g/mol. The molecule has 2 nitrogen and oxygen atoms in total. The van der Waals surface area contributed by atoms with Crippen molar-refractivity contribution in [3.05, 3.63) is 42.6 Å². The summed E-state index contributed by atoms with van der Waals surface area (Å²) in [6.45, 7) is 9.71. The summed E-state index contributed by atoms with van der Waals surface area (Å²) >= 11 is 0. The van der Waals surface area contributed by atoms with Crippen molar-refractivity contribution in [1.29, 1.82) is 0 Å². The summed E-state index contributed by atoms with van der Waals surface area (Å²) in [7, 11) is 0. The minimum Gasteiger partial charge on any atom is -0.493 e. The number of hydrogen-bond donors (Lipinski definition) is 0. The number of allylic oxidation sites excluding steroid dienone is 1. The molecule has 0 amide bonds. The molecule has 0 aliphatic carbocycles. The van der Waals surface area contributed by atoms with Gasteiger partial charge < -0.3 is 9.30 Å². The number of hydrogen-bond acceptors (Lipinski definition) is 1. The van der Waals surface area contributed by atoms with Crippen LogP contribution in [0, 0.1) is 0 Å². The zero-order chi connectivity index (χ0) is 12.3. The van der Waals surface area contributed by atoms with Gasteiger partial charge >= 0.3 is 0 Å². The van der Waals surface area contributed by atoms with Crippen LogP contribution in [0.4, 0.5) is 0 Å². The van der Waals surface area contributed by atoms with Gasteiger partial charge in [0.2, 0.25) is 0 Å². The first-order valence-corrected chi connectivity index (χ1v) is 6.07. The molecule has 0 bridgehead atoms. The fourth-order valence-electron chi connectivity index (χ4n) is 1.98. The Morgan fingerprint density at radius 2 is 2.18 bits per heavy atom. The van der Waals surface area contributed by atoms with Gasteiger partial charge in [0, 0.05) is 18.1 Å². The molecular weight excluding hydrogens is 210 g/mol. The molecule has 1 aromatic carbocycles.